The van der Waals surface area contributed by atoms with Crippen molar-refractivity contribution in [2.24, 2.45) is 5.41 Å². The lowest BCUT2D eigenvalue weighted by molar-refractivity contribution is 0.237. The Kier molecular flexibility index (Phi) is 4.34. The molecule has 0 amide bonds. The molecule has 1 aromatic rings. The molecule has 0 bridgehead atoms. The molecule has 1 fully saturated rings. The molecule has 1 saturated carbocycles. The van der Waals surface area contributed by atoms with Gasteiger partial charge in [0.05, 0.1) is 0 Å². The van der Waals surface area contributed by atoms with E-state index >= 15 is 0 Å². The summed E-state index contributed by atoms with van der Waals surface area (Å²) < 4.78 is 2.11. The summed E-state index contributed by atoms with van der Waals surface area (Å²) in [6, 6.07) is 3.83. The van der Waals surface area contributed by atoms with E-state index in [0.29, 0.717) is 0 Å². The van der Waals surface area contributed by atoms with Crippen LogP contribution in [-0.2, 0) is 19.4 Å². The monoisotopic (exact) mass is 337 g/mol. The number of aryl methyl sites for hydroxylation is 1. The number of alkyl halides is 1. The summed E-state index contributed by atoms with van der Waals surface area (Å²) in [5.74, 6) is 0. The van der Waals surface area contributed by atoms with Gasteiger partial charge >= 0.3 is 0 Å². The van der Waals surface area contributed by atoms with Crippen LogP contribution in [0, 0.1) is 5.41 Å². The predicted octanol–water partition coefficient (Wildman–Crippen LogP) is 4.07. The summed E-state index contributed by atoms with van der Waals surface area (Å²) >= 11 is 3.75. The molecule has 3 heteroatoms. The van der Waals surface area contributed by atoms with E-state index in [2.05, 4.69) is 26.6 Å². The van der Waals surface area contributed by atoms with Crippen molar-refractivity contribution in [2.45, 2.75) is 64.3 Å². The molecule has 1 aromatic heterocycles. The zero-order chi connectivity index (χ0) is 14.0. The Labute approximate surface area is 129 Å². The fourth-order valence-electron chi connectivity index (χ4n) is 3.96. The van der Waals surface area contributed by atoms with Crippen LogP contribution in [0.2, 0.25) is 0 Å². The van der Waals surface area contributed by atoms with Crippen LogP contribution in [0.5, 0.6) is 0 Å². The van der Waals surface area contributed by atoms with Gasteiger partial charge in [-0.25, -0.2) is 0 Å². The molecule has 0 aliphatic heterocycles. The summed E-state index contributed by atoms with van der Waals surface area (Å²) in [4.78, 5) is 12.3. The summed E-state index contributed by atoms with van der Waals surface area (Å²) in [7, 11) is 0. The molecule has 0 unspecified atom stereocenters. The number of nitrogens with zero attached hydrogens (tertiary/aromatic N) is 1. The van der Waals surface area contributed by atoms with Gasteiger partial charge in [-0.15, -0.1) is 0 Å². The largest absolute Gasteiger partial charge is 0.312 e. The van der Waals surface area contributed by atoms with Gasteiger partial charge < -0.3 is 4.57 Å². The van der Waals surface area contributed by atoms with Gasteiger partial charge in [0.1, 0.15) is 0 Å². The predicted molar refractivity (Wildman–Crippen MR) is 86.7 cm³/mol. The maximum atomic E-state index is 12.3. The Hall–Kier alpha value is -0.570. The summed E-state index contributed by atoms with van der Waals surface area (Å²) in [6.07, 6.45) is 11.3. The Morgan fingerprint density at radius 1 is 1.05 bits per heavy atom. The molecule has 20 heavy (non-hydrogen) atoms. The molecule has 0 N–H and O–H groups in total. The molecule has 0 spiro atoms. The summed E-state index contributed by atoms with van der Waals surface area (Å²) in [5, 5.41) is 1.02. The van der Waals surface area contributed by atoms with Gasteiger partial charge in [-0.05, 0) is 43.1 Å². The normalized spacial score (nSPS) is 21.4. The van der Waals surface area contributed by atoms with E-state index in [9.17, 15) is 4.79 Å². The highest BCUT2D eigenvalue weighted by atomic mass is 79.9. The quantitative estimate of drug-likeness (QED) is 0.601. The van der Waals surface area contributed by atoms with E-state index < -0.39 is 0 Å². The third-order valence-corrected chi connectivity index (χ3v) is 6.38. The first-order valence-corrected chi connectivity index (χ1v) is 9.14. The highest BCUT2D eigenvalue weighted by molar-refractivity contribution is 9.09. The molecule has 0 atom stereocenters. The lowest BCUT2D eigenvalue weighted by atomic mass is 9.82. The van der Waals surface area contributed by atoms with Crippen LogP contribution in [0.3, 0.4) is 0 Å². The number of halogens is 1. The van der Waals surface area contributed by atoms with Crippen LogP contribution in [0.15, 0.2) is 16.9 Å². The van der Waals surface area contributed by atoms with Crippen molar-refractivity contribution in [3.05, 3.63) is 33.7 Å². The first kappa shape index (κ1) is 14.4. The lowest BCUT2D eigenvalue weighted by Gasteiger charge is -2.32. The fraction of sp³-hybridized carbons (Fsp3) is 0.706. The molecule has 2 aliphatic rings. The number of pyridine rings is 1. The van der Waals surface area contributed by atoms with E-state index in [0.717, 1.165) is 24.7 Å². The molecule has 0 aromatic carbocycles. The zero-order valence-corrected chi connectivity index (χ0v) is 13.8. The average Bonchev–Trinajstić information content (AvgIpc) is 2.82. The second-order valence-corrected chi connectivity index (χ2v) is 7.19. The van der Waals surface area contributed by atoms with Crippen LogP contribution in [0.1, 0.15) is 56.2 Å². The number of hydrogen-bond donors (Lipinski definition) is 0. The minimum Gasteiger partial charge on any atom is -0.312 e. The van der Waals surface area contributed by atoms with Gasteiger partial charge in [0, 0.05) is 23.6 Å². The second kappa shape index (κ2) is 6.05. The smallest absolute Gasteiger partial charge is 0.250 e. The van der Waals surface area contributed by atoms with Crippen molar-refractivity contribution in [3.8, 4) is 0 Å². The molecule has 2 aliphatic carbocycles. The SMILES string of the molecule is O=c1ccc2c(n1CC1(CBr)CCCCCC1)CCC2. The average molecular weight is 338 g/mol. The zero-order valence-electron chi connectivity index (χ0n) is 12.2. The Bertz CT molecular complexity index is 526. The molecule has 110 valence electrons. The van der Waals surface area contributed by atoms with Crippen molar-refractivity contribution in [2.75, 3.05) is 5.33 Å². The third kappa shape index (κ3) is 2.74. The summed E-state index contributed by atoms with van der Waals surface area (Å²) in [6.45, 7) is 0.917. The van der Waals surface area contributed by atoms with Crippen molar-refractivity contribution < 1.29 is 0 Å². The van der Waals surface area contributed by atoms with Gasteiger partial charge in [0.2, 0.25) is 0 Å². The van der Waals surface area contributed by atoms with Crippen molar-refractivity contribution in [1.82, 2.24) is 4.57 Å². The van der Waals surface area contributed by atoms with Crippen LogP contribution < -0.4 is 5.56 Å². The molecule has 2 nitrogen and oxygen atoms in total. The van der Waals surface area contributed by atoms with Crippen LogP contribution >= 0.6 is 15.9 Å². The first-order chi connectivity index (χ1) is 9.74. The lowest BCUT2D eigenvalue weighted by Crippen LogP contribution is -2.35. The van der Waals surface area contributed by atoms with Crippen LogP contribution in [0.25, 0.3) is 0 Å². The topological polar surface area (TPSA) is 22.0 Å². The molecular weight excluding hydrogens is 314 g/mol. The number of aromatic nitrogens is 1. The standard InChI is InChI=1S/C17H24BrNO/c18-12-17(10-3-1-2-4-11-17)13-19-15-7-5-6-14(15)8-9-16(19)20/h8-9H,1-7,10-13H2. The Morgan fingerprint density at radius 3 is 2.50 bits per heavy atom. The maximum Gasteiger partial charge on any atom is 0.250 e. The van der Waals surface area contributed by atoms with E-state index in [-0.39, 0.29) is 11.0 Å². The first-order valence-electron chi connectivity index (χ1n) is 8.02. The van der Waals surface area contributed by atoms with Gasteiger partial charge in [-0.2, -0.15) is 0 Å². The molecule has 3 rings (SSSR count). The number of fused-ring (bicyclic) bond motifs is 1. The second-order valence-electron chi connectivity index (χ2n) is 6.63. The van der Waals surface area contributed by atoms with E-state index in [4.69, 9.17) is 0 Å². The molecule has 1 heterocycles. The minimum atomic E-state index is 0.204. The molecule has 0 radical (unpaired) electrons. The van der Waals surface area contributed by atoms with E-state index in [1.54, 1.807) is 6.07 Å². The van der Waals surface area contributed by atoms with Gasteiger partial charge in [-0.3, -0.25) is 4.79 Å². The van der Waals surface area contributed by atoms with Gasteiger partial charge in [-0.1, -0.05) is 47.7 Å². The van der Waals surface area contributed by atoms with Crippen LogP contribution in [-0.4, -0.2) is 9.90 Å². The van der Waals surface area contributed by atoms with Crippen LogP contribution in [0.4, 0.5) is 0 Å². The van der Waals surface area contributed by atoms with Crippen molar-refractivity contribution in [1.29, 1.82) is 0 Å². The van der Waals surface area contributed by atoms with E-state index in [1.807, 2.05) is 0 Å². The third-order valence-electron chi connectivity index (χ3n) is 5.19. The molecular formula is C17H24BrNO. The fourth-order valence-corrected chi connectivity index (χ4v) is 4.69. The number of hydrogen-bond acceptors (Lipinski definition) is 1. The van der Waals surface area contributed by atoms with Gasteiger partial charge in [0.15, 0.2) is 0 Å². The Balaban J connectivity index is 1.93. The minimum absolute atomic E-state index is 0.204. The van der Waals surface area contributed by atoms with Crippen molar-refractivity contribution >= 4 is 15.9 Å². The summed E-state index contributed by atoms with van der Waals surface area (Å²) in [5.41, 5.74) is 3.22. The highest BCUT2D eigenvalue weighted by Gasteiger charge is 2.32. The van der Waals surface area contributed by atoms with E-state index in [1.165, 1.54) is 56.2 Å². The Morgan fingerprint density at radius 2 is 1.80 bits per heavy atom. The maximum absolute atomic E-state index is 12.3. The highest BCUT2D eigenvalue weighted by Crippen LogP contribution is 2.38. The number of rotatable bonds is 3. The van der Waals surface area contributed by atoms with Gasteiger partial charge in [0.25, 0.3) is 5.56 Å². The van der Waals surface area contributed by atoms with Crippen molar-refractivity contribution in [3.63, 3.8) is 0 Å². The molecule has 0 saturated heterocycles.